The summed E-state index contributed by atoms with van der Waals surface area (Å²) >= 11 is 1.28. The number of hydrogen-bond donors (Lipinski definition) is 1. The van der Waals surface area contributed by atoms with Crippen LogP contribution < -0.4 is 10.9 Å². The minimum Gasteiger partial charge on any atom is -0.462 e. The van der Waals surface area contributed by atoms with E-state index in [4.69, 9.17) is 10.00 Å². The zero-order valence-corrected chi connectivity index (χ0v) is 16.4. The molecule has 142 valence electrons. The van der Waals surface area contributed by atoms with Crippen LogP contribution in [-0.2, 0) is 22.5 Å². The van der Waals surface area contributed by atoms with Gasteiger partial charge in [0.25, 0.3) is 5.56 Å². The van der Waals surface area contributed by atoms with Crippen LogP contribution in [0.1, 0.15) is 45.9 Å². The summed E-state index contributed by atoms with van der Waals surface area (Å²) in [6.07, 6.45) is 0.705. The number of nitrogens with zero attached hydrogens (tertiary/aromatic N) is 3. The highest BCUT2D eigenvalue weighted by Crippen LogP contribution is 2.29. The molecule has 0 spiro atoms. The van der Waals surface area contributed by atoms with Crippen molar-refractivity contribution in [3.8, 4) is 6.07 Å². The number of nitriles is 1. The molecular weight excluding hydrogens is 368 g/mol. The van der Waals surface area contributed by atoms with Crippen molar-refractivity contribution in [2.24, 2.45) is 0 Å². The molecule has 0 aliphatic heterocycles. The van der Waals surface area contributed by atoms with Crippen molar-refractivity contribution < 1.29 is 14.3 Å². The van der Waals surface area contributed by atoms with E-state index in [0.717, 1.165) is 9.56 Å². The highest BCUT2D eigenvalue weighted by atomic mass is 32.1. The van der Waals surface area contributed by atoms with Crippen molar-refractivity contribution in [1.29, 1.82) is 5.26 Å². The molecule has 0 atom stereocenters. The van der Waals surface area contributed by atoms with Crippen LogP contribution >= 0.6 is 11.3 Å². The number of rotatable bonds is 6. The third-order valence-corrected chi connectivity index (χ3v) is 5.12. The molecule has 0 unspecified atom stereocenters. The van der Waals surface area contributed by atoms with Crippen molar-refractivity contribution in [3.63, 3.8) is 0 Å². The van der Waals surface area contributed by atoms with Gasteiger partial charge in [0.1, 0.15) is 23.2 Å². The minimum atomic E-state index is -0.623. The maximum absolute atomic E-state index is 12.4. The number of hydrogen-bond acceptors (Lipinski definition) is 7. The lowest BCUT2D eigenvalue weighted by Gasteiger charge is -2.09. The van der Waals surface area contributed by atoms with E-state index in [-0.39, 0.29) is 24.3 Å². The summed E-state index contributed by atoms with van der Waals surface area (Å²) in [6.45, 7) is 6.80. The molecule has 2 rings (SSSR count). The van der Waals surface area contributed by atoms with Gasteiger partial charge in [-0.05, 0) is 38.8 Å². The average Bonchev–Trinajstić information content (AvgIpc) is 3.03. The molecule has 2 heterocycles. The monoisotopic (exact) mass is 388 g/mol. The van der Waals surface area contributed by atoms with E-state index in [9.17, 15) is 14.4 Å². The number of aromatic nitrogens is 2. The van der Waals surface area contributed by atoms with Gasteiger partial charge in [-0.15, -0.1) is 11.3 Å². The van der Waals surface area contributed by atoms with E-state index in [1.807, 2.05) is 13.0 Å². The fraction of sp³-hybridized carbons (Fsp3) is 0.389. The lowest BCUT2D eigenvalue weighted by Crippen LogP contribution is -2.32. The number of esters is 1. The van der Waals surface area contributed by atoms with Crippen LogP contribution in [0, 0.1) is 25.2 Å². The number of nitrogens with one attached hydrogen (secondary N) is 1. The number of ether oxygens (including phenoxy) is 1. The molecule has 0 aromatic carbocycles. The smallest absolute Gasteiger partial charge is 0.341 e. The Morgan fingerprint density at radius 2 is 2.07 bits per heavy atom. The summed E-state index contributed by atoms with van der Waals surface area (Å²) in [5.74, 6) is -1.04. The summed E-state index contributed by atoms with van der Waals surface area (Å²) in [5.41, 5.74) is 0.615. The van der Waals surface area contributed by atoms with Crippen LogP contribution in [0.5, 0.6) is 0 Å². The maximum Gasteiger partial charge on any atom is 0.341 e. The Hall–Kier alpha value is -2.99. The molecule has 1 N–H and O–H groups in total. The molecule has 0 radical (unpaired) electrons. The van der Waals surface area contributed by atoms with Gasteiger partial charge in [0.05, 0.1) is 17.9 Å². The first-order valence-electron chi connectivity index (χ1n) is 8.40. The standard InChI is InChI=1S/C18H20N4O4S/c1-5-12-7-13(18(25)26-6-2)16(27-12)20-15(23)9-22-17(24)14(8-19)10(3)11(4)21-22/h7H,5-6,9H2,1-4H3,(H,20,23). The largest absolute Gasteiger partial charge is 0.462 e. The van der Waals surface area contributed by atoms with Gasteiger partial charge in [0.2, 0.25) is 5.91 Å². The predicted octanol–water partition coefficient (Wildman–Crippen LogP) is 2.17. The summed E-state index contributed by atoms with van der Waals surface area (Å²) in [5, 5.41) is 16.2. The Labute approximate surface area is 160 Å². The number of amides is 1. The zero-order chi connectivity index (χ0) is 20.1. The number of carbonyl (C=O) groups is 2. The predicted molar refractivity (Wildman–Crippen MR) is 101 cm³/mol. The van der Waals surface area contributed by atoms with Crippen LogP contribution in [0.25, 0.3) is 0 Å². The average molecular weight is 388 g/mol. The summed E-state index contributed by atoms with van der Waals surface area (Å²) in [4.78, 5) is 37.7. The van der Waals surface area contributed by atoms with E-state index in [2.05, 4.69) is 10.4 Å². The SMILES string of the molecule is CCOC(=O)c1cc(CC)sc1NC(=O)Cn1nc(C)c(C)c(C#N)c1=O. The third kappa shape index (κ3) is 4.41. The van der Waals surface area contributed by atoms with Gasteiger partial charge in [-0.1, -0.05) is 6.92 Å². The number of thiophene rings is 1. The lowest BCUT2D eigenvalue weighted by molar-refractivity contribution is -0.117. The molecule has 2 aromatic heterocycles. The summed E-state index contributed by atoms with van der Waals surface area (Å²) < 4.78 is 5.97. The Kier molecular flexibility index (Phi) is 6.47. The second-order valence-electron chi connectivity index (χ2n) is 5.74. The molecule has 1 amide bonds. The minimum absolute atomic E-state index is 0.0353. The fourth-order valence-corrected chi connectivity index (χ4v) is 3.38. The van der Waals surface area contributed by atoms with E-state index in [1.165, 1.54) is 11.3 Å². The first kappa shape index (κ1) is 20.3. The molecule has 0 aliphatic rings. The topological polar surface area (TPSA) is 114 Å². The third-order valence-electron chi connectivity index (χ3n) is 3.92. The Morgan fingerprint density at radius 3 is 2.67 bits per heavy atom. The first-order chi connectivity index (χ1) is 12.8. The van der Waals surface area contributed by atoms with Crippen molar-refractivity contribution in [1.82, 2.24) is 9.78 Å². The quantitative estimate of drug-likeness (QED) is 0.759. The van der Waals surface area contributed by atoms with E-state index in [1.54, 1.807) is 26.8 Å². The number of anilines is 1. The molecule has 8 nitrogen and oxygen atoms in total. The molecular formula is C18H20N4O4S. The molecule has 9 heteroatoms. The molecule has 0 saturated carbocycles. The molecule has 0 fully saturated rings. The van der Waals surface area contributed by atoms with Crippen LogP contribution in [0.3, 0.4) is 0 Å². The van der Waals surface area contributed by atoms with Crippen molar-refractivity contribution in [2.75, 3.05) is 11.9 Å². The lowest BCUT2D eigenvalue weighted by atomic mass is 10.1. The second-order valence-corrected chi connectivity index (χ2v) is 6.87. The van der Waals surface area contributed by atoms with E-state index < -0.39 is 17.4 Å². The van der Waals surface area contributed by atoms with Crippen LogP contribution in [-0.4, -0.2) is 28.3 Å². The normalized spacial score (nSPS) is 10.3. The van der Waals surface area contributed by atoms with Gasteiger partial charge in [0, 0.05) is 4.88 Å². The van der Waals surface area contributed by atoms with Crippen molar-refractivity contribution in [3.05, 3.63) is 43.7 Å². The van der Waals surface area contributed by atoms with E-state index in [0.29, 0.717) is 22.7 Å². The Bertz CT molecular complexity index is 984. The van der Waals surface area contributed by atoms with Gasteiger partial charge in [-0.25, -0.2) is 9.48 Å². The molecule has 27 heavy (non-hydrogen) atoms. The number of carbonyl (C=O) groups excluding carboxylic acids is 2. The molecule has 0 saturated heterocycles. The molecule has 0 bridgehead atoms. The Morgan fingerprint density at radius 1 is 1.37 bits per heavy atom. The number of aryl methyl sites for hydroxylation is 2. The summed E-state index contributed by atoms with van der Waals surface area (Å²) in [7, 11) is 0. The molecule has 0 aliphatic carbocycles. The zero-order valence-electron chi connectivity index (χ0n) is 15.6. The van der Waals surface area contributed by atoms with Gasteiger partial charge >= 0.3 is 5.97 Å². The Balaban J connectivity index is 2.28. The highest BCUT2D eigenvalue weighted by molar-refractivity contribution is 7.16. The molecule has 2 aromatic rings. The van der Waals surface area contributed by atoms with Gasteiger partial charge in [-0.2, -0.15) is 10.4 Å². The van der Waals surface area contributed by atoms with Gasteiger partial charge in [-0.3, -0.25) is 9.59 Å². The van der Waals surface area contributed by atoms with Crippen LogP contribution in [0.15, 0.2) is 10.9 Å². The van der Waals surface area contributed by atoms with Crippen molar-refractivity contribution in [2.45, 2.75) is 40.7 Å². The van der Waals surface area contributed by atoms with E-state index >= 15 is 0 Å². The second kappa shape index (κ2) is 8.60. The highest BCUT2D eigenvalue weighted by Gasteiger charge is 2.20. The van der Waals surface area contributed by atoms with Crippen LogP contribution in [0.4, 0.5) is 5.00 Å². The van der Waals surface area contributed by atoms with Gasteiger partial charge < -0.3 is 10.1 Å². The fourth-order valence-electron chi connectivity index (χ4n) is 2.38. The summed E-state index contributed by atoms with van der Waals surface area (Å²) in [6, 6.07) is 3.54. The van der Waals surface area contributed by atoms with Gasteiger partial charge in [0.15, 0.2) is 0 Å². The van der Waals surface area contributed by atoms with Crippen molar-refractivity contribution >= 4 is 28.2 Å². The first-order valence-corrected chi connectivity index (χ1v) is 9.22. The van der Waals surface area contributed by atoms with Crippen LogP contribution in [0.2, 0.25) is 0 Å². The maximum atomic E-state index is 12.4.